The number of rotatable bonds is 3. The van der Waals surface area contributed by atoms with Crippen molar-refractivity contribution in [3.05, 3.63) is 41.0 Å². The van der Waals surface area contributed by atoms with Crippen molar-refractivity contribution in [1.82, 2.24) is 0 Å². The highest BCUT2D eigenvalue weighted by molar-refractivity contribution is 5.66. The van der Waals surface area contributed by atoms with Gasteiger partial charge in [0.2, 0.25) is 0 Å². The summed E-state index contributed by atoms with van der Waals surface area (Å²) in [5.41, 5.74) is 3.94. The van der Waals surface area contributed by atoms with E-state index in [9.17, 15) is 0 Å². The fraction of sp³-hybridized carbons (Fsp3) is 0.333. The third kappa shape index (κ3) is 2.36. The summed E-state index contributed by atoms with van der Waals surface area (Å²) in [5, 5.41) is 0. The molecule has 0 unspecified atom stereocenters. The number of benzene rings is 1. The van der Waals surface area contributed by atoms with Crippen molar-refractivity contribution >= 4 is 6.08 Å². The monoisotopic (exact) mass is 230 g/mol. The Labute approximate surface area is 103 Å². The van der Waals surface area contributed by atoms with Crippen LogP contribution in [0.2, 0.25) is 0 Å². The molecule has 0 fully saturated rings. The lowest BCUT2D eigenvalue weighted by molar-refractivity contribution is 0.354. The smallest absolute Gasteiger partial charge is 0.161 e. The van der Waals surface area contributed by atoms with Gasteiger partial charge in [-0.05, 0) is 48.6 Å². The highest BCUT2D eigenvalue weighted by atomic mass is 16.5. The Morgan fingerprint density at radius 2 is 1.76 bits per heavy atom. The summed E-state index contributed by atoms with van der Waals surface area (Å²) in [6.07, 6.45) is 8.62. The lowest BCUT2D eigenvalue weighted by Gasteiger charge is -2.17. The molecule has 2 rings (SSSR count). The number of fused-ring (bicyclic) bond motifs is 1. The fourth-order valence-corrected chi connectivity index (χ4v) is 2.18. The van der Waals surface area contributed by atoms with Gasteiger partial charge in [0.25, 0.3) is 0 Å². The van der Waals surface area contributed by atoms with Gasteiger partial charge in [0.1, 0.15) is 0 Å². The summed E-state index contributed by atoms with van der Waals surface area (Å²) in [4.78, 5) is 0. The van der Waals surface area contributed by atoms with Crippen molar-refractivity contribution in [3.8, 4) is 11.5 Å². The maximum absolute atomic E-state index is 5.33. The maximum Gasteiger partial charge on any atom is 0.161 e. The highest BCUT2D eigenvalue weighted by Crippen LogP contribution is 2.35. The molecule has 0 N–H and O–H groups in total. The Kier molecular flexibility index (Phi) is 3.52. The number of allylic oxidation sites excluding steroid dienone is 3. The molecule has 0 radical (unpaired) electrons. The zero-order chi connectivity index (χ0) is 12.3. The Morgan fingerprint density at radius 1 is 1.06 bits per heavy atom. The van der Waals surface area contributed by atoms with Gasteiger partial charge in [-0.3, -0.25) is 0 Å². The van der Waals surface area contributed by atoms with Gasteiger partial charge in [-0.2, -0.15) is 0 Å². The number of methoxy groups -OCH3 is 2. The quantitative estimate of drug-likeness (QED) is 0.789. The van der Waals surface area contributed by atoms with Crippen LogP contribution in [0.4, 0.5) is 0 Å². The van der Waals surface area contributed by atoms with Crippen molar-refractivity contribution in [2.24, 2.45) is 0 Å². The lowest BCUT2D eigenvalue weighted by atomic mass is 9.91. The summed E-state index contributed by atoms with van der Waals surface area (Å²) in [5.74, 6) is 1.61. The molecule has 1 aliphatic rings. The Morgan fingerprint density at radius 3 is 2.41 bits per heavy atom. The first kappa shape index (κ1) is 11.8. The summed E-state index contributed by atoms with van der Waals surface area (Å²) < 4.78 is 10.6. The molecule has 0 bridgehead atoms. The van der Waals surface area contributed by atoms with Crippen molar-refractivity contribution in [1.29, 1.82) is 0 Å². The summed E-state index contributed by atoms with van der Waals surface area (Å²) in [7, 11) is 3.35. The van der Waals surface area contributed by atoms with E-state index in [0.717, 1.165) is 24.3 Å². The second-order valence-electron chi connectivity index (χ2n) is 4.13. The van der Waals surface area contributed by atoms with Crippen LogP contribution in [0.15, 0.2) is 29.9 Å². The van der Waals surface area contributed by atoms with Gasteiger partial charge in [-0.25, -0.2) is 0 Å². The van der Waals surface area contributed by atoms with E-state index in [0.29, 0.717) is 0 Å². The molecule has 0 amide bonds. The van der Waals surface area contributed by atoms with Crippen LogP contribution in [0.3, 0.4) is 0 Å². The van der Waals surface area contributed by atoms with Gasteiger partial charge in [-0.1, -0.05) is 18.2 Å². The van der Waals surface area contributed by atoms with Crippen LogP contribution in [-0.4, -0.2) is 14.2 Å². The SMILES string of the molecule is CC=CC1=Cc2cc(OC)c(OC)cc2CC1. The second kappa shape index (κ2) is 5.09. The molecular weight excluding hydrogens is 212 g/mol. The molecule has 2 heteroatoms. The number of hydrogen-bond donors (Lipinski definition) is 0. The zero-order valence-electron chi connectivity index (χ0n) is 10.6. The molecule has 0 saturated heterocycles. The standard InChI is InChI=1S/C15H18O2/c1-4-5-11-6-7-12-9-14(16-2)15(17-3)10-13(12)8-11/h4-5,8-10H,6-7H2,1-3H3. The van der Waals surface area contributed by atoms with Gasteiger partial charge in [0, 0.05) is 0 Å². The maximum atomic E-state index is 5.33. The first-order valence-corrected chi connectivity index (χ1v) is 5.86. The van der Waals surface area contributed by atoms with Gasteiger partial charge < -0.3 is 9.47 Å². The largest absolute Gasteiger partial charge is 0.493 e. The molecule has 1 aromatic rings. The van der Waals surface area contributed by atoms with Crippen LogP contribution in [-0.2, 0) is 6.42 Å². The number of aryl methyl sites for hydroxylation is 1. The van der Waals surface area contributed by atoms with Crippen LogP contribution in [0.25, 0.3) is 6.08 Å². The lowest BCUT2D eigenvalue weighted by Crippen LogP contribution is -2.00. The zero-order valence-corrected chi connectivity index (χ0v) is 10.6. The molecule has 1 aliphatic carbocycles. The van der Waals surface area contributed by atoms with Crippen molar-refractivity contribution in [3.63, 3.8) is 0 Å². The van der Waals surface area contributed by atoms with Crippen molar-refractivity contribution < 1.29 is 9.47 Å². The number of ether oxygens (including phenoxy) is 2. The molecule has 0 aliphatic heterocycles. The predicted molar refractivity (Wildman–Crippen MR) is 70.7 cm³/mol. The average Bonchev–Trinajstić information content (AvgIpc) is 2.37. The van der Waals surface area contributed by atoms with Gasteiger partial charge in [0.15, 0.2) is 11.5 Å². The third-order valence-electron chi connectivity index (χ3n) is 3.05. The molecule has 17 heavy (non-hydrogen) atoms. The van der Waals surface area contributed by atoms with E-state index in [1.54, 1.807) is 14.2 Å². The van der Waals surface area contributed by atoms with E-state index in [1.807, 2.05) is 6.92 Å². The van der Waals surface area contributed by atoms with E-state index in [4.69, 9.17) is 9.47 Å². The molecule has 2 nitrogen and oxygen atoms in total. The summed E-state index contributed by atoms with van der Waals surface area (Å²) in [6.45, 7) is 2.05. The van der Waals surface area contributed by atoms with Crippen molar-refractivity contribution in [2.75, 3.05) is 14.2 Å². The molecule has 0 spiro atoms. The van der Waals surface area contributed by atoms with Gasteiger partial charge >= 0.3 is 0 Å². The molecule has 0 aromatic heterocycles. The van der Waals surface area contributed by atoms with E-state index in [1.165, 1.54) is 16.7 Å². The third-order valence-corrected chi connectivity index (χ3v) is 3.05. The minimum Gasteiger partial charge on any atom is -0.493 e. The van der Waals surface area contributed by atoms with E-state index in [2.05, 4.69) is 30.4 Å². The Bertz CT molecular complexity index is 470. The normalized spacial score (nSPS) is 14.4. The van der Waals surface area contributed by atoms with E-state index in [-0.39, 0.29) is 0 Å². The van der Waals surface area contributed by atoms with Crippen LogP contribution < -0.4 is 9.47 Å². The predicted octanol–water partition coefficient (Wildman–Crippen LogP) is 3.61. The summed E-state index contributed by atoms with van der Waals surface area (Å²) >= 11 is 0. The first-order chi connectivity index (χ1) is 8.28. The molecular formula is C15H18O2. The Hall–Kier alpha value is -1.70. The van der Waals surface area contributed by atoms with Crippen LogP contribution >= 0.6 is 0 Å². The van der Waals surface area contributed by atoms with Gasteiger partial charge in [0.05, 0.1) is 14.2 Å². The minimum absolute atomic E-state index is 0.796. The van der Waals surface area contributed by atoms with Crippen LogP contribution in [0, 0.1) is 0 Å². The number of hydrogen-bond acceptors (Lipinski definition) is 2. The summed E-state index contributed by atoms with van der Waals surface area (Å²) in [6, 6.07) is 4.13. The van der Waals surface area contributed by atoms with E-state index >= 15 is 0 Å². The topological polar surface area (TPSA) is 18.5 Å². The molecule has 0 heterocycles. The molecule has 1 aromatic carbocycles. The molecule has 0 atom stereocenters. The van der Waals surface area contributed by atoms with Crippen molar-refractivity contribution in [2.45, 2.75) is 19.8 Å². The van der Waals surface area contributed by atoms with Crippen LogP contribution in [0.1, 0.15) is 24.5 Å². The van der Waals surface area contributed by atoms with Crippen LogP contribution in [0.5, 0.6) is 11.5 Å². The average molecular weight is 230 g/mol. The first-order valence-electron chi connectivity index (χ1n) is 5.86. The minimum atomic E-state index is 0.796. The Balaban J connectivity index is 2.45. The fourth-order valence-electron chi connectivity index (χ4n) is 2.18. The second-order valence-corrected chi connectivity index (χ2v) is 4.13. The molecule has 90 valence electrons. The van der Waals surface area contributed by atoms with E-state index < -0.39 is 0 Å². The van der Waals surface area contributed by atoms with Gasteiger partial charge in [-0.15, -0.1) is 0 Å². The molecule has 0 saturated carbocycles. The highest BCUT2D eigenvalue weighted by Gasteiger charge is 2.13.